The molecule has 102 valence electrons. The molecular weight excluding hydrogens is 256 g/mol. The minimum absolute atomic E-state index is 0.261. The Hall–Kier alpha value is -2.69. The zero-order valence-corrected chi connectivity index (χ0v) is 11.2. The topological polar surface area (TPSA) is 67.2 Å². The first-order chi connectivity index (χ1) is 9.61. The summed E-state index contributed by atoms with van der Waals surface area (Å²) < 4.78 is 6.91. The van der Waals surface area contributed by atoms with Crippen LogP contribution in [0.5, 0.6) is 5.75 Å². The van der Waals surface area contributed by atoms with Crippen molar-refractivity contribution in [3.8, 4) is 17.0 Å². The fourth-order valence-electron chi connectivity index (χ4n) is 2.44. The SMILES string of the molecule is COc1ccc2[nH]cc(-c3ccc(C(=O)O)n3C)c2c1. The Morgan fingerprint density at radius 3 is 2.75 bits per heavy atom. The van der Waals surface area contributed by atoms with E-state index in [1.165, 1.54) is 0 Å². The number of nitrogens with one attached hydrogen (secondary N) is 1. The molecule has 0 radical (unpaired) electrons. The molecule has 5 heteroatoms. The van der Waals surface area contributed by atoms with E-state index in [0.717, 1.165) is 27.9 Å². The number of fused-ring (bicyclic) bond motifs is 1. The quantitative estimate of drug-likeness (QED) is 0.769. The van der Waals surface area contributed by atoms with Gasteiger partial charge in [0.2, 0.25) is 0 Å². The number of benzene rings is 1. The van der Waals surface area contributed by atoms with Gasteiger partial charge in [0.25, 0.3) is 0 Å². The molecule has 5 nitrogen and oxygen atoms in total. The molecule has 2 N–H and O–H groups in total. The summed E-state index contributed by atoms with van der Waals surface area (Å²) in [6, 6.07) is 9.19. The third kappa shape index (κ3) is 1.75. The first-order valence-corrected chi connectivity index (χ1v) is 6.16. The van der Waals surface area contributed by atoms with Crippen molar-refractivity contribution in [2.75, 3.05) is 7.11 Å². The number of carboxylic acid groups (broad SMARTS) is 1. The van der Waals surface area contributed by atoms with Gasteiger partial charge in [0.15, 0.2) is 0 Å². The van der Waals surface area contributed by atoms with Gasteiger partial charge < -0.3 is 19.4 Å². The molecule has 0 aliphatic rings. The molecule has 20 heavy (non-hydrogen) atoms. The molecule has 0 amide bonds. The Labute approximate surface area is 115 Å². The van der Waals surface area contributed by atoms with Crippen LogP contribution in [0.3, 0.4) is 0 Å². The van der Waals surface area contributed by atoms with Crippen molar-refractivity contribution in [3.63, 3.8) is 0 Å². The maximum Gasteiger partial charge on any atom is 0.352 e. The zero-order chi connectivity index (χ0) is 14.3. The van der Waals surface area contributed by atoms with E-state index in [0.29, 0.717) is 0 Å². The number of aromatic carboxylic acids is 1. The third-order valence-corrected chi connectivity index (χ3v) is 3.51. The smallest absolute Gasteiger partial charge is 0.352 e. The maximum absolute atomic E-state index is 11.1. The molecule has 0 saturated carbocycles. The van der Waals surface area contributed by atoms with Gasteiger partial charge in [-0.3, -0.25) is 0 Å². The van der Waals surface area contributed by atoms with Gasteiger partial charge in [-0.15, -0.1) is 0 Å². The summed E-state index contributed by atoms with van der Waals surface area (Å²) in [5.74, 6) is -0.165. The molecule has 0 fully saturated rings. The summed E-state index contributed by atoms with van der Waals surface area (Å²) >= 11 is 0. The lowest BCUT2D eigenvalue weighted by molar-refractivity contribution is 0.0687. The first-order valence-electron chi connectivity index (χ1n) is 6.16. The Bertz CT molecular complexity index is 799. The second-order valence-electron chi connectivity index (χ2n) is 4.58. The second-order valence-corrected chi connectivity index (χ2v) is 4.58. The number of hydrogen-bond donors (Lipinski definition) is 2. The van der Waals surface area contributed by atoms with Crippen LogP contribution in [0.15, 0.2) is 36.5 Å². The summed E-state index contributed by atoms with van der Waals surface area (Å²) in [6.45, 7) is 0. The Morgan fingerprint density at radius 1 is 1.30 bits per heavy atom. The fraction of sp³-hybridized carbons (Fsp3) is 0.133. The van der Waals surface area contributed by atoms with Gasteiger partial charge in [-0.2, -0.15) is 0 Å². The maximum atomic E-state index is 11.1. The van der Waals surface area contributed by atoms with Gasteiger partial charge in [-0.25, -0.2) is 4.79 Å². The van der Waals surface area contributed by atoms with Crippen molar-refractivity contribution in [2.24, 2.45) is 7.05 Å². The number of nitrogens with zero attached hydrogens (tertiary/aromatic N) is 1. The Kier molecular flexibility index (Phi) is 2.75. The van der Waals surface area contributed by atoms with E-state index in [9.17, 15) is 4.79 Å². The minimum Gasteiger partial charge on any atom is -0.497 e. The van der Waals surface area contributed by atoms with E-state index >= 15 is 0 Å². The molecule has 0 aliphatic heterocycles. The van der Waals surface area contributed by atoms with Gasteiger partial charge in [0.1, 0.15) is 11.4 Å². The average Bonchev–Trinajstić information content (AvgIpc) is 3.01. The lowest BCUT2D eigenvalue weighted by atomic mass is 10.1. The van der Waals surface area contributed by atoms with Crippen LogP contribution >= 0.6 is 0 Å². The first kappa shape index (κ1) is 12.3. The van der Waals surface area contributed by atoms with Gasteiger partial charge >= 0.3 is 5.97 Å². The molecule has 3 rings (SSSR count). The average molecular weight is 270 g/mol. The van der Waals surface area contributed by atoms with E-state index in [-0.39, 0.29) is 5.69 Å². The van der Waals surface area contributed by atoms with Crippen LogP contribution in [-0.2, 0) is 7.05 Å². The molecular formula is C15H14N2O3. The van der Waals surface area contributed by atoms with Crippen LogP contribution in [0, 0.1) is 0 Å². The highest BCUT2D eigenvalue weighted by Gasteiger charge is 2.15. The predicted molar refractivity (Wildman–Crippen MR) is 76.2 cm³/mol. The van der Waals surface area contributed by atoms with Crippen molar-refractivity contribution in [2.45, 2.75) is 0 Å². The second kappa shape index (κ2) is 4.45. The lowest BCUT2D eigenvalue weighted by Gasteiger charge is -2.05. The monoisotopic (exact) mass is 270 g/mol. The number of H-pyrrole nitrogens is 1. The van der Waals surface area contributed by atoms with Gasteiger partial charge in [0, 0.05) is 29.7 Å². The van der Waals surface area contributed by atoms with Crippen LogP contribution in [0.4, 0.5) is 0 Å². The third-order valence-electron chi connectivity index (χ3n) is 3.51. The fourth-order valence-corrected chi connectivity index (χ4v) is 2.44. The highest BCUT2D eigenvalue weighted by atomic mass is 16.5. The highest BCUT2D eigenvalue weighted by Crippen LogP contribution is 2.31. The predicted octanol–water partition coefficient (Wildman–Crippen LogP) is 2.88. The molecule has 0 unspecified atom stereocenters. The van der Waals surface area contributed by atoms with Crippen LogP contribution in [-0.4, -0.2) is 27.7 Å². The summed E-state index contributed by atoms with van der Waals surface area (Å²) in [5.41, 5.74) is 3.05. The minimum atomic E-state index is -0.934. The number of ether oxygens (including phenoxy) is 1. The molecule has 2 aromatic heterocycles. The van der Waals surface area contributed by atoms with E-state index in [1.807, 2.05) is 30.5 Å². The molecule has 1 aromatic carbocycles. The number of aromatic amines is 1. The van der Waals surface area contributed by atoms with E-state index in [2.05, 4.69) is 4.98 Å². The summed E-state index contributed by atoms with van der Waals surface area (Å²) in [4.78, 5) is 14.3. The normalized spacial score (nSPS) is 10.9. The standard InChI is InChI=1S/C15H14N2O3/c1-17-13(5-6-14(17)15(18)19)11-8-16-12-4-3-9(20-2)7-10(11)12/h3-8,16H,1-2H3,(H,18,19). The summed E-state index contributed by atoms with van der Waals surface area (Å²) in [7, 11) is 3.37. The van der Waals surface area contributed by atoms with Crippen LogP contribution in [0.2, 0.25) is 0 Å². The zero-order valence-electron chi connectivity index (χ0n) is 11.2. The summed E-state index contributed by atoms with van der Waals surface area (Å²) in [5, 5.41) is 10.1. The number of carbonyl (C=O) groups is 1. The van der Waals surface area contributed by atoms with Crippen molar-refractivity contribution >= 4 is 16.9 Å². The van der Waals surface area contributed by atoms with Crippen molar-refractivity contribution in [1.29, 1.82) is 0 Å². The van der Waals surface area contributed by atoms with E-state index in [4.69, 9.17) is 9.84 Å². The molecule has 0 atom stereocenters. The van der Waals surface area contributed by atoms with E-state index in [1.54, 1.807) is 24.8 Å². The van der Waals surface area contributed by atoms with Gasteiger partial charge in [-0.05, 0) is 30.3 Å². The largest absolute Gasteiger partial charge is 0.497 e. The van der Waals surface area contributed by atoms with Crippen LogP contribution in [0.1, 0.15) is 10.5 Å². The Morgan fingerprint density at radius 2 is 2.10 bits per heavy atom. The molecule has 0 aliphatic carbocycles. The number of rotatable bonds is 3. The number of aromatic nitrogens is 2. The van der Waals surface area contributed by atoms with Gasteiger partial charge in [-0.1, -0.05) is 0 Å². The highest BCUT2D eigenvalue weighted by molar-refractivity contribution is 5.97. The van der Waals surface area contributed by atoms with Gasteiger partial charge in [0.05, 0.1) is 12.8 Å². The number of hydrogen-bond acceptors (Lipinski definition) is 2. The lowest BCUT2D eigenvalue weighted by Crippen LogP contribution is -2.04. The molecule has 0 saturated heterocycles. The summed E-state index contributed by atoms with van der Waals surface area (Å²) in [6.07, 6.45) is 1.88. The molecule has 2 heterocycles. The van der Waals surface area contributed by atoms with Crippen molar-refractivity contribution in [1.82, 2.24) is 9.55 Å². The molecule has 0 spiro atoms. The van der Waals surface area contributed by atoms with Crippen LogP contribution < -0.4 is 4.74 Å². The van der Waals surface area contributed by atoms with Crippen LogP contribution in [0.25, 0.3) is 22.2 Å². The number of methoxy groups -OCH3 is 1. The van der Waals surface area contributed by atoms with Crippen molar-refractivity contribution < 1.29 is 14.6 Å². The molecule has 0 bridgehead atoms. The Balaban J connectivity index is 2.21. The van der Waals surface area contributed by atoms with Crippen molar-refractivity contribution in [3.05, 3.63) is 42.2 Å². The molecule has 3 aromatic rings. The van der Waals surface area contributed by atoms with E-state index < -0.39 is 5.97 Å². The number of carboxylic acids is 1.